The van der Waals surface area contributed by atoms with Gasteiger partial charge in [-0.25, -0.2) is 8.42 Å². The standard InChI is InChI=1S/C20H23ClN2O5S/c1-27-19-7-4-16(21)14-18(19)20(24)22-9-8-15-2-5-17(6-3-15)29(25,26)23-10-12-28-13-11-23/h2-7,14H,8-13H2,1H3,(H,22,24). The van der Waals surface area contributed by atoms with Crippen LogP contribution < -0.4 is 10.1 Å². The normalized spacial score (nSPS) is 15.1. The molecule has 1 aliphatic heterocycles. The lowest BCUT2D eigenvalue weighted by Gasteiger charge is -2.26. The third kappa shape index (κ3) is 5.27. The van der Waals surface area contributed by atoms with Crippen LogP contribution in [-0.2, 0) is 21.2 Å². The van der Waals surface area contributed by atoms with Gasteiger partial charge in [0.1, 0.15) is 5.75 Å². The average Bonchev–Trinajstić information content (AvgIpc) is 2.74. The molecule has 2 aromatic rings. The lowest BCUT2D eigenvalue weighted by atomic mass is 10.1. The summed E-state index contributed by atoms with van der Waals surface area (Å²) in [4.78, 5) is 12.6. The zero-order chi connectivity index (χ0) is 20.9. The van der Waals surface area contributed by atoms with E-state index in [0.717, 1.165) is 5.56 Å². The molecule has 0 bridgehead atoms. The second kappa shape index (κ2) is 9.58. The summed E-state index contributed by atoms with van der Waals surface area (Å²) in [5, 5.41) is 3.28. The van der Waals surface area contributed by atoms with Crippen LogP contribution in [0.2, 0.25) is 5.02 Å². The fraction of sp³-hybridized carbons (Fsp3) is 0.350. The molecule has 0 saturated carbocycles. The number of halogens is 1. The molecule has 1 N–H and O–H groups in total. The van der Waals surface area contributed by atoms with E-state index in [4.69, 9.17) is 21.1 Å². The number of morpholine rings is 1. The van der Waals surface area contributed by atoms with Crippen molar-refractivity contribution in [3.8, 4) is 5.75 Å². The highest BCUT2D eigenvalue weighted by molar-refractivity contribution is 7.89. The number of methoxy groups -OCH3 is 1. The van der Waals surface area contributed by atoms with Crippen molar-refractivity contribution in [1.29, 1.82) is 0 Å². The minimum atomic E-state index is -3.50. The average molecular weight is 439 g/mol. The van der Waals surface area contributed by atoms with E-state index in [0.29, 0.717) is 55.6 Å². The molecular formula is C20H23ClN2O5S. The lowest BCUT2D eigenvalue weighted by molar-refractivity contribution is 0.0730. The van der Waals surface area contributed by atoms with Gasteiger partial charge < -0.3 is 14.8 Å². The second-order valence-corrected chi connectivity index (χ2v) is 8.89. The van der Waals surface area contributed by atoms with Crippen molar-refractivity contribution in [2.45, 2.75) is 11.3 Å². The molecule has 1 heterocycles. The fourth-order valence-electron chi connectivity index (χ4n) is 3.04. The van der Waals surface area contributed by atoms with E-state index < -0.39 is 10.0 Å². The van der Waals surface area contributed by atoms with Gasteiger partial charge in [-0.05, 0) is 42.3 Å². The molecule has 1 saturated heterocycles. The maximum atomic E-state index is 12.6. The van der Waals surface area contributed by atoms with Gasteiger partial charge in [-0.1, -0.05) is 23.7 Å². The summed E-state index contributed by atoms with van der Waals surface area (Å²) >= 11 is 5.96. The molecule has 2 aromatic carbocycles. The van der Waals surface area contributed by atoms with Gasteiger partial charge in [-0.15, -0.1) is 0 Å². The molecule has 9 heteroatoms. The molecule has 29 heavy (non-hydrogen) atoms. The van der Waals surface area contributed by atoms with Crippen LogP contribution in [0.5, 0.6) is 5.75 Å². The summed E-state index contributed by atoms with van der Waals surface area (Å²) in [5.74, 6) is 0.167. The maximum absolute atomic E-state index is 12.6. The quantitative estimate of drug-likeness (QED) is 0.717. The van der Waals surface area contributed by atoms with Crippen LogP contribution in [0.3, 0.4) is 0 Å². The number of hydrogen-bond acceptors (Lipinski definition) is 5. The Morgan fingerprint density at radius 1 is 1.17 bits per heavy atom. The number of ether oxygens (including phenoxy) is 2. The molecule has 156 valence electrons. The van der Waals surface area contributed by atoms with Gasteiger partial charge in [0.2, 0.25) is 10.0 Å². The Hall–Kier alpha value is -2.13. The molecule has 0 radical (unpaired) electrons. The van der Waals surface area contributed by atoms with E-state index in [1.54, 1.807) is 42.5 Å². The van der Waals surface area contributed by atoms with Gasteiger partial charge in [0.15, 0.2) is 0 Å². The maximum Gasteiger partial charge on any atom is 0.255 e. The summed E-state index contributed by atoms with van der Waals surface area (Å²) in [7, 11) is -2.01. The Kier molecular flexibility index (Phi) is 7.13. The van der Waals surface area contributed by atoms with Gasteiger partial charge in [0.25, 0.3) is 5.91 Å². The first kappa shape index (κ1) is 21.6. The number of rotatable bonds is 7. The smallest absolute Gasteiger partial charge is 0.255 e. The third-order valence-corrected chi connectivity index (χ3v) is 6.78. The van der Waals surface area contributed by atoms with E-state index in [-0.39, 0.29) is 10.8 Å². The number of sulfonamides is 1. The Bertz CT molecular complexity index is 957. The van der Waals surface area contributed by atoms with Crippen LogP contribution in [-0.4, -0.2) is 58.6 Å². The van der Waals surface area contributed by atoms with Crippen LogP contribution in [0.15, 0.2) is 47.4 Å². The van der Waals surface area contributed by atoms with Crippen molar-refractivity contribution in [2.75, 3.05) is 40.0 Å². The first-order chi connectivity index (χ1) is 13.9. The van der Waals surface area contributed by atoms with Crippen molar-refractivity contribution in [1.82, 2.24) is 9.62 Å². The molecule has 1 amide bonds. The summed E-state index contributed by atoms with van der Waals surface area (Å²) in [6.45, 7) is 1.94. The summed E-state index contributed by atoms with van der Waals surface area (Å²) in [6.07, 6.45) is 0.562. The van der Waals surface area contributed by atoms with Gasteiger partial charge >= 0.3 is 0 Å². The molecule has 0 spiro atoms. The molecular weight excluding hydrogens is 416 g/mol. The minimum Gasteiger partial charge on any atom is -0.496 e. The number of nitrogens with zero attached hydrogens (tertiary/aromatic N) is 1. The van der Waals surface area contributed by atoms with Crippen molar-refractivity contribution >= 4 is 27.5 Å². The molecule has 0 unspecified atom stereocenters. The molecule has 7 nitrogen and oxygen atoms in total. The number of hydrogen-bond donors (Lipinski definition) is 1. The first-order valence-corrected chi connectivity index (χ1v) is 11.0. The van der Waals surface area contributed by atoms with E-state index in [2.05, 4.69) is 5.32 Å². The number of amides is 1. The Labute approximate surface area is 175 Å². The van der Waals surface area contributed by atoms with Gasteiger partial charge in [0.05, 0.1) is 30.8 Å². The molecule has 3 rings (SSSR count). The Morgan fingerprint density at radius 2 is 1.86 bits per heavy atom. The molecule has 0 aliphatic carbocycles. The van der Waals surface area contributed by atoms with E-state index in [9.17, 15) is 13.2 Å². The first-order valence-electron chi connectivity index (χ1n) is 9.20. The molecule has 1 aliphatic rings. The van der Waals surface area contributed by atoms with Crippen molar-refractivity contribution < 1.29 is 22.7 Å². The number of carbonyl (C=O) groups is 1. The van der Waals surface area contributed by atoms with Crippen molar-refractivity contribution in [3.63, 3.8) is 0 Å². The topological polar surface area (TPSA) is 84.9 Å². The van der Waals surface area contributed by atoms with Gasteiger partial charge in [-0.3, -0.25) is 4.79 Å². The minimum absolute atomic E-state index is 0.260. The summed E-state index contributed by atoms with van der Waals surface area (Å²) in [5.41, 5.74) is 1.29. The number of nitrogens with one attached hydrogen (secondary N) is 1. The van der Waals surface area contributed by atoms with Crippen molar-refractivity contribution in [3.05, 3.63) is 58.6 Å². The fourth-order valence-corrected chi connectivity index (χ4v) is 4.62. The second-order valence-electron chi connectivity index (χ2n) is 6.51. The predicted octanol–water partition coefficient (Wildman–Crippen LogP) is 2.34. The highest BCUT2D eigenvalue weighted by Crippen LogP contribution is 2.22. The Balaban J connectivity index is 1.58. The molecule has 0 aromatic heterocycles. The molecule has 0 atom stereocenters. The molecule has 1 fully saturated rings. The van der Waals surface area contributed by atoms with Crippen LogP contribution >= 0.6 is 11.6 Å². The summed E-state index contributed by atoms with van der Waals surface area (Å²) < 4.78 is 37.1. The van der Waals surface area contributed by atoms with Crippen LogP contribution in [0.25, 0.3) is 0 Å². The van der Waals surface area contributed by atoms with Crippen molar-refractivity contribution in [2.24, 2.45) is 0 Å². The van der Waals surface area contributed by atoms with E-state index in [1.165, 1.54) is 11.4 Å². The highest BCUT2D eigenvalue weighted by atomic mass is 35.5. The van der Waals surface area contributed by atoms with E-state index >= 15 is 0 Å². The summed E-state index contributed by atoms with van der Waals surface area (Å²) in [6, 6.07) is 11.6. The van der Waals surface area contributed by atoms with Crippen LogP contribution in [0, 0.1) is 0 Å². The van der Waals surface area contributed by atoms with Crippen LogP contribution in [0.4, 0.5) is 0 Å². The van der Waals surface area contributed by atoms with Gasteiger partial charge in [-0.2, -0.15) is 4.31 Å². The SMILES string of the molecule is COc1ccc(Cl)cc1C(=O)NCCc1ccc(S(=O)(=O)N2CCOCC2)cc1. The Morgan fingerprint density at radius 3 is 2.52 bits per heavy atom. The highest BCUT2D eigenvalue weighted by Gasteiger charge is 2.26. The van der Waals surface area contributed by atoms with Crippen LogP contribution in [0.1, 0.15) is 15.9 Å². The van der Waals surface area contributed by atoms with E-state index in [1.807, 2.05) is 0 Å². The zero-order valence-corrected chi connectivity index (χ0v) is 17.6. The third-order valence-electron chi connectivity index (χ3n) is 4.64. The number of carbonyl (C=O) groups excluding carboxylic acids is 1. The monoisotopic (exact) mass is 438 g/mol. The zero-order valence-electron chi connectivity index (χ0n) is 16.1. The predicted molar refractivity (Wildman–Crippen MR) is 110 cm³/mol. The largest absolute Gasteiger partial charge is 0.496 e. The lowest BCUT2D eigenvalue weighted by Crippen LogP contribution is -2.40. The number of benzene rings is 2. The van der Waals surface area contributed by atoms with Gasteiger partial charge in [0, 0.05) is 24.7 Å².